The number of hydrogen-bond acceptors (Lipinski definition) is 4. The fraction of sp³-hybridized carbons (Fsp3) is 0.222. The Morgan fingerprint density at radius 2 is 1.71 bits per heavy atom. The number of nitrogens with zero attached hydrogens (tertiary/aromatic N) is 1. The molecule has 3 N–H and O–H groups in total. The van der Waals surface area contributed by atoms with E-state index in [-0.39, 0.29) is 11.8 Å². The largest absolute Gasteiger partial charge is 0.495 e. The van der Waals surface area contributed by atoms with Crippen molar-refractivity contribution in [2.45, 2.75) is 26.4 Å². The van der Waals surface area contributed by atoms with Gasteiger partial charge in [-0.25, -0.2) is 4.79 Å². The lowest BCUT2D eigenvalue weighted by molar-refractivity contribution is -0.144. The number of nitrogens with one attached hydrogen (secondary N) is 2. The monoisotopic (exact) mass is 489 g/mol. The number of ether oxygens (including phenoxy) is 1. The Labute approximate surface area is 209 Å². The van der Waals surface area contributed by atoms with Gasteiger partial charge in [-0.2, -0.15) is 0 Å². The van der Waals surface area contributed by atoms with Crippen LogP contribution in [0, 0.1) is 5.92 Å². The van der Waals surface area contributed by atoms with Crippen LogP contribution in [0.4, 0.5) is 11.4 Å². The van der Waals surface area contributed by atoms with Gasteiger partial charge in [-0.3, -0.25) is 4.79 Å². The second-order valence-electron chi connectivity index (χ2n) is 8.69. The lowest BCUT2D eigenvalue weighted by Crippen LogP contribution is -2.44. The van der Waals surface area contributed by atoms with Gasteiger partial charge in [0.25, 0.3) is 5.91 Å². The first kappa shape index (κ1) is 24.2. The number of carboxylic acid groups (broad SMARTS) is 1. The number of hydrogen-bond donors (Lipinski definition) is 3. The van der Waals surface area contributed by atoms with Gasteiger partial charge in [0.1, 0.15) is 11.8 Å². The van der Waals surface area contributed by atoms with Gasteiger partial charge in [-0.05, 0) is 71.2 Å². The Bertz CT molecular complexity index is 1270. The first-order chi connectivity index (χ1) is 16.8. The molecule has 1 amide bonds. The Morgan fingerprint density at radius 1 is 1.03 bits per heavy atom. The Balaban J connectivity index is 1.46. The molecule has 8 heteroatoms. The van der Waals surface area contributed by atoms with Crippen LogP contribution in [0.15, 0.2) is 66.7 Å². The van der Waals surface area contributed by atoms with Crippen LogP contribution >= 0.6 is 12.2 Å². The molecule has 180 valence electrons. The summed E-state index contributed by atoms with van der Waals surface area (Å²) >= 11 is 5.43. The van der Waals surface area contributed by atoms with Crippen LogP contribution in [0.2, 0.25) is 0 Å². The molecule has 1 aliphatic rings. The van der Waals surface area contributed by atoms with Crippen molar-refractivity contribution in [2.75, 3.05) is 17.7 Å². The van der Waals surface area contributed by atoms with Crippen molar-refractivity contribution in [3.05, 3.63) is 77.9 Å². The normalized spacial score (nSPS) is 13.4. The predicted octanol–water partition coefficient (Wildman–Crippen LogP) is 5.24. The zero-order valence-corrected chi connectivity index (χ0v) is 20.6. The van der Waals surface area contributed by atoms with Gasteiger partial charge in [0.15, 0.2) is 5.11 Å². The van der Waals surface area contributed by atoms with Crippen molar-refractivity contribution in [1.82, 2.24) is 4.90 Å². The zero-order chi connectivity index (χ0) is 25.1. The van der Waals surface area contributed by atoms with E-state index in [1.165, 1.54) is 4.90 Å². The van der Waals surface area contributed by atoms with Crippen LogP contribution in [-0.2, 0) is 11.3 Å². The third-order valence-corrected chi connectivity index (χ3v) is 6.19. The van der Waals surface area contributed by atoms with Crippen LogP contribution in [-0.4, -0.2) is 40.1 Å². The van der Waals surface area contributed by atoms with E-state index in [9.17, 15) is 14.7 Å². The van der Waals surface area contributed by atoms with E-state index < -0.39 is 12.0 Å². The third-order valence-electron chi connectivity index (χ3n) is 5.99. The summed E-state index contributed by atoms with van der Waals surface area (Å²) in [5.74, 6) is -0.705. The average Bonchev–Trinajstić information content (AvgIpc) is 3.14. The van der Waals surface area contributed by atoms with Crippen LogP contribution in [0.5, 0.6) is 5.75 Å². The van der Waals surface area contributed by atoms with E-state index in [2.05, 4.69) is 10.6 Å². The summed E-state index contributed by atoms with van der Waals surface area (Å²) in [5.41, 5.74) is 4.93. The molecule has 35 heavy (non-hydrogen) atoms. The standard InChI is InChI=1S/C27H27N3O4S/c1-16(2)24(26(32)33)30-15-19-14-18(10-13-21(19)25(30)31)17-8-11-20(12-9-17)28-27(35)29-22-6-4-5-7-23(22)34-3/h4-14,16,24H,15H2,1-3H3,(H,32,33)(H2,28,29,35). The van der Waals surface area contributed by atoms with E-state index in [0.717, 1.165) is 28.1 Å². The third kappa shape index (κ3) is 5.12. The molecule has 1 aliphatic heterocycles. The highest BCUT2D eigenvalue weighted by Gasteiger charge is 2.38. The highest BCUT2D eigenvalue weighted by atomic mass is 32.1. The molecule has 4 rings (SSSR count). The lowest BCUT2D eigenvalue weighted by atomic mass is 10.0. The number of para-hydroxylation sites is 2. The molecule has 3 aromatic rings. The predicted molar refractivity (Wildman–Crippen MR) is 141 cm³/mol. The number of rotatable bonds is 7. The minimum Gasteiger partial charge on any atom is -0.495 e. The van der Waals surface area contributed by atoms with Crippen molar-refractivity contribution in [1.29, 1.82) is 0 Å². The number of carboxylic acids is 1. The number of carbonyl (C=O) groups is 2. The minimum atomic E-state index is -0.984. The molecule has 0 bridgehead atoms. The molecule has 0 aliphatic carbocycles. The quantitative estimate of drug-likeness (QED) is 0.391. The van der Waals surface area contributed by atoms with Crippen molar-refractivity contribution < 1.29 is 19.4 Å². The molecule has 0 aromatic heterocycles. The number of benzene rings is 3. The minimum absolute atomic E-state index is 0.186. The zero-order valence-electron chi connectivity index (χ0n) is 19.7. The van der Waals surface area contributed by atoms with Gasteiger partial charge in [0, 0.05) is 17.8 Å². The van der Waals surface area contributed by atoms with Gasteiger partial charge < -0.3 is 25.4 Å². The Hall–Kier alpha value is -3.91. The lowest BCUT2D eigenvalue weighted by Gasteiger charge is -2.27. The molecular weight excluding hydrogens is 462 g/mol. The maximum atomic E-state index is 12.8. The molecule has 1 heterocycles. The maximum Gasteiger partial charge on any atom is 0.326 e. The van der Waals surface area contributed by atoms with Crippen molar-refractivity contribution in [3.63, 3.8) is 0 Å². The number of carbonyl (C=O) groups excluding carboxylic acids is 1. The van der Waals surface area contributed by atoms with Gasteiger partial charge >= 0.3 is 5.97 Å². The average molecular weight is 490 g/mol. The maximum absolute atomic E-state index is 12.8. The number of fused-ring (bicyclic) bond motifs is 1. The number of thiocarbonyl (C=S) groups is 1. The van der Waals surface area contributed by atoms with Crippen LogP contribution < -0.4 is 15.4 Å². The second-order valence-corrected chi connectivity index (χ2v) is 9.10. The van der Waals surface area contributed by atoms with E-state index >= 15 is 0 Å². The van der Waals surface area contributed by atoms with E-state index in [0.29, 0.717) is 23.0 Å². The summed E-state index contributed by atoms with van der Waals surface area (Å²) in [6, 6.07) is 20.1. The molecule has 0 spiro atoms. The molecule has 0 radical (unpaired) electrons. The Kier molecular flexibility index (Phi) is 7.02. The smallest absolute Gasteiger partial charge is 0.326 e. The summed E-state index contributed by atoms with van der Waals surface area (Å²) in [6.45, 7) is 3.92. The van der Waals surface area contributed by atoms with Gasteiger partial charge in [-0.1, -0.05) is 44.2 Å². The summed E-state index contributed by atoms with van der Waals surface area (Å²) in [6.07, 6.45) is 0. The van der Waals surface area contributed by atoms with Crippen molar-refractivity contribution >= 4 is 40.6 Å². The topological polar surface area (TPSA) is 90.9 Å². The summed E-state index contributed by atoms with van der Waals surface area (Å²) in [4.78, 5) is 26.0. The molecule has 3 aromatic carbocycles. The molecule has 0 saturated carbocycles. The first-order valence-corrected chi connectivity index (χ1v) is 11.7. The fourth-order valence-corrected chi connectivity index (χ4v) is 4.53. The molecule has 1 atom stereocenters. The van der Waals surface area contributed by atoms with Crippen molar-refractivity contribution in [3.8, 4) is 16.9 Å². The summed E-state index contributed by atoms with van der Waals surface area (Å²) < 4.78 is 5.34. The van der Waals surface area contributed by atoms with Crippen LogP contribution in [0.3, 0.4) is 0 Å². The van der Waals surface area contributed by atoms with E-state index in [1.807, 2.05) is 74.5 Å². The molecular formula is C27H27N3O4S. The van der Waals surface area contributed by atoms with Crippen molar-refractivity contribution in [2.24, 2.45) is 5.92 Å². The van der Waals surface area contributed by atoms with Gasteiger partial charge in [-0.15, -0.1) is 0 Å². The Morgan fingerprint density at radius 3 is 2.37 bits per heavy atom. The second kappa shape index (κ2) is 10.1. The summed E-state index contributed by atoms with van der Waals surface area (Å²) in [7, 11) is 1.61. The van der Waals surface area contributed by atoms with Gasteiger partial charge in [0.05, 0.1) is 12.8 Å². The van der Waals surface area contributed by atoms with E-state index in [4.69, 9.17) is 17.0 Å². The number of aliphatic carboxylic acids is 1. The SMILES string of the molecule is COc1ccccc1NC(=S)Nc1ccc(-c2ccc3c(c2)CN(C(C(=O)O)C(C)C)C3=O)cc1. The summed E-state index contributed by atoms with van der Waals surface area (Å²) in [5, 5.41) is 16.4. The highest BCUT2D eigenvalue weighted by Crippen LogP contribution is 2.32. The van der Waals surface area contributed by atoms with Crippen LogP contribution in [0.25, 0.3) is 11.1 Å². The number of amides is 1. The molecule has 0 saturated heterocycles. The number of methoxy groups -OCH3 is 1. The number of anilines is 2. The highest BCUT2D eigenvalue weighted by molar-refractivity contribution is 7.80. The first-order valence-electron chi connectivity index (χ1n) is 11.3. The van der Waals surface area contributed by atoms with Gasteiger partial charge in [0.2, 0.25) is 0 Å². The fourth-order valence-electron chi connectivity index (χ4n) is 4.30. The molecule has 7 nitrogen and oxygen atoms in total. The molecule has 0 fully saturated rings. The van der Waals surface area contributed by atoms with Crippen LogP contribution in [0.1, 0.15) is 29.8 Å². The van der Waals surface area contributed by atoms with E-state index in [1.54, 1.807) is 13.2 Å². The molecule has 1 unspecified atom stereocenters.